The zero-order valence-corrected chi connectivity index (χ0v) is 15.1. The van der Waals surface area contributed by atoms with Gasteiger partial charge in [0.05, 0.1) is 12.0 Å². The van der Waals surface area contributed by atoms with Crippen molar-refractivity contribution < 1.29 is 15.0 Å². The van der Waals surface area contributed by atoms with Crippen molar-refractivity contribution in [3.8, 4) is 0 Å². The van der Waals surface area contributed by atoms with Gasteiger partial charge in [0.25, 0.3) is 0 Å². The first-order chi connectivity index (χ1) is 11.1. The Bertz CT molecular complexity index is 271. The van der Waals surface area contributed by atoms with Crippen molar-refractivity contribution in [3.05, 3.63) is 0 Å². The Morgan fingerprint density at radius 3 is 1.48 bits per heavy atom. The van der Waals surface area contributed by atoms with Gasteiger partial charge in [-0.15, -0.1) is 0 Å². The fourth-order valence-corrected chi connectivity index (χ4v) is 2.85. The van der Waals surface area contributed by atoms with Gasteiger partial charge in [-0.25, -0.2) is 0 Å². The van der Waals surface area contributed by atoms with Crippen LogP contribution in [0.4, 0.5) is 0 Å². The summed E-state index contributed by atoms with van der Waals surface area (Å²) in [5.41, 5.74) is 5.18. The van der Waals surface area contributed by atoms with Crippen LogP contribution in [-0.2, 0) is 4.79 Å². The third-order valence-electron chi connectivity index (χ3n) is 4.68. The van der Waals surface area contributed by atoms with Crippen LogP contribution in [0, 0.1) is 5.92 Å². The number of unbranched alkanes of at least 4 members (excludes halogenated alkanes) is 12. The van der Waals surface area contributed by atoms with Gasteiger partial charge in [0.15, 0.2) is 0 Å². The summed E-state index contributed by atoms with van der Waals surface area (Å²) in [6, 6.07) is 0. The van der Waals surface area contributed by atoms with E-state index in [4.69, 9.17) is 10.8 Å². The number of carbonyl (C=O) groups excluding carboxylic acids is 1. The lowest BCUT2D eigenvalue weighted by molar-refractivity contribution is -0.124. The Balaban J connectivity index is 3.18. The topological polar surface area (TPSA) is 83.6 Å². The van der Waals surface area contributed by atoms with Crippen LogP contribution in [0.25, 0.3) is 0 Å². The van der Waals surface area contributed by atoms with Gasteiger partial charge in [0.2, 0.25) is 5.91 Å². The van der Waals surface area contributed by atoms with Crippen LogP contribution >= 0.6 is 0 Å². The number of aliphatic hydroxyl groups is 2. The molecule has 0 aromatic heterocycles. The molecule has 0 fully saturated rings. The first kappa shape index (κ1) is 22.4. The molecule has 0 aromatic rings. The van der Waals surface area contributed by atoms with Crippen molar-refractivity contribution in [2.75, 3.05) is 6.61 Å². The zero-order chi connectivity index (χ0) is 17.3. The highest BCUT2D eigenvalue weighted by Crippen LogP contribution is 2.15. The van der Waals surface area contributed by atoms with Crippen LogP contribution in [0.1, 0.15) is 96.8 Å². The number of hydrogen-bond donors (Lipinski definition) is 3. The molecule has 138 valence electrons. The minimum Gasteiger partial charge on any atom is -0.396 e. The number of nitrogens with two attached hydrogens (primary N) is 1. The minimum atomic E-state index is -0.579. The van der Waals surface area contributed by atoms with Crippen molar-refractivity contribution in [1.82, 2.24) is 0 Å². The molecule has 0 radical (unpaired) electrons. The number of hydrogen-bond acceptors (Lipinski definition) is 3. The van der Waals surface area contributed by atoms with E-state index in [2.05, 4.69) is 0 Å². The average molecular weight is 330 g/mol. The maximum absolute atomic E-state index is 10.9. The molecule has 0 saturated heterocycles. The second-order valence-corrected chi connectivity index (χ2v) is 6.87. The lowest BCUT2D eigenvalue weighted by atomic mass is 9.98. The van der Waals surface area contributed by atoms with E-state index in [9.17, 15) is 9.90 Å². The van der Waals surface area contributed by atoms with Gasteiger partial charge < -0.3 is 15.9 Å². The molecule has 1 amide bonds. The molecule has 0 saturated carbocycles. The summed E-state index contributed by atoms with van der Waals surface area (Å²) in [5.74, 6) is -0.843. The molecule has 0 aliphatic carbocycles. The van der Waals surface area contributed by atoms with E-state index in [1.165, 1.54) is 64.2 Å². The van der Waals surface area contributed by atoms with Gasteiger partial charge in [-0.1, -0.05) is 84.0 Å². The van der Waals surface area contributed by atoms with Crippen LogP contribution < -0.4 is 5.73 Å². The van der Waals surface area contributed by atoms with Gasteiger partial charge in [-0.05, 0) is 12.8 Å². The normalized spacial score (nSPS) is 13.9. The number of primary amides is 1. The molecule has 4 nitrogen and oxygen atoms in total. The van der Waals surface area contributed by atoms with Gasteiger partial charge in [0.1, 0.15) is 0 Å². The van der Waals surface area contributed by atoms with E-state index >= 15 is 0 Å². The number of aliphatic hydroxyl groups excluding tert-OH is 2. The highest BCUT2D eigenvalue weighted by atomic mass is 16.3. The van der Waals surface area contributed by atoms with E-state index in [0.29, 0.717) is 13.0 Å². The standard InChI is InChI=1S/C19H39NO3/c1-17(19(20)23)18(22)15-13-11-9-7-5-3-2-4-6-8-10-12-14-16-21/h17-18,21-22H,2-16H2,1H3,(H2,20,23). The van der Waals surface area contributed by atoms with Crippen molar-refractivity contribution in [1.29, 1.82) is 0 Å². The second kappa shape index (κ2) is 16.3. The average Bonchev–Trinajstić information content (AvgIpc) is 2.54. The molecular weight excluding hydrogens is 290 g/mol. The zero-order valence-electron chi connectivity index (χ0n) is 15.1. The molecule has 2 unspecified atom stereocenters. The predicted octanol–water partition coefficient (Wildman–Crippen LogP) is 3.92. The molecule has 4 N–H and O–H groups in total. The van der Waals surface area contributed by atoms with E-state index < -0.39 is 17.9 Å². The number of carbonyl (C=O) groups is 1. The van der Waals surface area contributed by atoms with E-state index in [0.717, 1.165) is 19.3 Å². The maximum Gasteiger partial charge on any atom is 0.222 e. The van der Waals surface area contributed by atoms with Crippen LogP contribution in [-0.4, -0.2) is 28.8 Å². The third-order valence-corrected chi connectivity index (χ3v) is 4.68. The summed E-state index contributed by atoms with van der Waals surface area (Å²) in [7, 11) is 0. The summed E-state index contributed by atoms with van der Waals surface area (Å²) >= 11 is 0. The molecule has 0 rings (SSSR count). The molecular formula is C19H39NO3. The van der Waals surface area contributed by atoms with Crippen molar-refractivity contribution in [2.24, 2.45) is 11.7 Å². The SMILES string of the molecule is CC(C(N)=O)C(O)CCCCCCCCCCCCCCCO. The van der Waals surface area contributed by atoms with Gasteiger partial charge in [0, 0.05) is 6.61 Å². The summed E-state index contributed by atoms with van der Waals surface area (Å²) in [4.78, 5) is 10.9. The molecule has 0 aliphatic heterocycles. The largest absolute Gasteiger partial charge is 0.396 e. The van der Waals surface area contributed by atoms with Crippen molar-refractivity contribution in [2.45, 2.75) is 103 Å². The Hall–Kier alpha value is -0.610. The highest BCUT2D eigenvalue weighted by molar-refractivity contribution is 5.76. The lowest BCUT2D eigenvalue weighted by Gasteiger charge is -2.15. The molecule has 23 heavy (non-hydrogen) atoms. The molecule has 0 heterocycles. The Morgan fingerprint density at radius 2 is 1.13 bits per heavy atom. The third kappa shape index (κ3) is 14.7. The smallest absolute Gasteiger partial charge is 0.222 e. The molecule has 0 bridgehead atoms. The highest BCUT2D eigenvalue weighted by Gasteiger charge is 2.18. The lowest BCUT2D eigenvalue weighted by Crippen LogP contribution is -2.31. The quantitative estimate of drug-likeness (QED) is 0.354. The molecule has 4 heteroatoms. The fourth-order valence-electron chi connectivity index (χ4n) is 2.85. The van der Waals surface area contributed by atoms with E-state index in [1.54, 1.807) is 6.92 Å². The first-order valence-electron chi connectivity index (χ1n) is 9.67. The predicted molar refractivity (Wildman–Crippen MR) is 96.1 cm³/mol. The fraction of sp³-hybridized carbons (Fsp3) is 0.947. The van der Waals surface area contributed by atoms with E-state index in [-0.39, 0.29) is 0 Å². The summed E-state index contributed by atoms with van der Waals surface area (Å²) in [5, 5.41) is 18.5. The summed E-state index contributed by atoms with van der Waals surface area (Å²) in [6.07, 6.45) is 16.1. The summed E-state index contributed by atoms with van der Waals surface area (Å²) in [6.45, 7) is 2.03. The Kier molecular flexibility index (Phi) is 15.8. The molecule has 2 atom stereocenters. The number of rotatable bonds is 17. The van der Waals surface area contributed by atoms with E-state index in [1.807, 2.05) is 0 Å². The van der Waals surface area contributed by atoms with Crippen LogP contribution in [0.3, 0.4) is 0 Å². The maximum atomic E-state index is 10.9. The van der Waals surface area contributed by atoms with Gasteiger partial charge in [-0.3, -0.25) is 4.79 Å². The molecule has 0 aliphatic rings. The Morgan fingerprint density at radius 1 is 0.783 bits per heavy atom. The second-order valence-electron chi connectivity index (χ2n) is 6.87. The van der Waals surface area contributed by atoms with Gasteiger partial charge in [-0.2, -0.15) is 0 Å². The van der Waals surface area contributed by atoms with Crippen LogP contribution in [0.5, 0.6) is 0 Å². The van der Waals surface area contributed by atoms with Crippen LogP contribution in [0.2, 0.25) is 0 Å². The minimum absolute atomic E-state index is 0.336. The molecule has 0 spiro atoms. The van der Waals surface area contributed by atoms with Crippen molar-refractivity contribution >= 4 is 5.91 Å². The summed E-state index contributed by atoms with van der Waals surface area (Å²) < 4.78 is 0. The van der Waals surface area contributed by atoms with Crippen LogP contribution in [0.15, 0.2) is 0 Å². The monoisotopic (exact) mass is 329 g/mol. The van der Waals surface area contributed by atoms with Crippen molar-refractivity contribution in [3.63, 3.8) is 0 Å². The van der Waals surface area contributed by atoms with Gasteiger partial charge >= 0.3 is 0 Å². The number of amides is 1. The first-order valence-corrected chi connectivity index (χ1v) is 9.67. The Labute approximate surface area is 142 Å². The molecule has 0 aromatic carbocycles.